The number of carbonyl (C=O) groups is 1. The van der Waals surface area contributed by atoms with E-state index in [9.17, 15) is 9.59 Å². The van der Waals surface area contributed by atoms with Gasteiger partial charge in [0.2, 0.25) is 5.13 Å². The molecule has 31 heavy (non-hydrogen) atoms. The quantitative estimate of drug-likeness (QED) is 0.389. The van der Waals surface area contributed by atoms with E-state index >= 15 is 0 Å². The molecule has 0 spiro atoms. The highest BCUT2D eigenvalue weighted by Gasteiger charge is 2.20. The van der Waals surface area contributed by atoms with Crippen molar-refractivity contribution in [3.8, 4) is 0 Å². The molecule has 0 unspecified atom stereocenters. The lowest BCUT2D eigenvalue weighted by Gasteiger charge is -2.06. The third-order valence-corrected chi connectivity index (χ3v) is 8.09. The van der Waals surface area contributed by atoms with E-state index in [2.05, 4.69) is 57.5 Å². The van der Waals surface area contributed by atoms with Gasteiger partial charge in [0.05, 0.1) is 16.0 Å². The highest BCUT2D eigenvalue weighted by atomic mass is 32.2. The maximum Gasteiger partial charge on any atom is 0.267 e. The zero-order valence-corrected chi connectivity index (χ0v) is 20.0. The monoisotopic (exact) mass is 471 g/mol. The first-order valence-corrected chi connectivity index (χ1v) is 12.3. The van der Waals surface area contributed by atoms with Crippen molar-refractivity contribution in [3.63, 3.8) is 0 Å². The second-order valence-electron chi connectivity index (χ2n) is 7.12. The molecule has 0 aliphatic heterocycles. The first kappa shape index (κ1) is 21.7. The number of carbonyl (C=O) groups excluding carboxylic acids is 1. The van der Waals surface area contributed by atoms with Crippen molar-refractivity contribution in [3.05, 3.63) is 61.0 Å². The molecule has 4 rings (SSSR count). The van der Waals surface area contributed by atoms with Crippen molar-refractivity contribution in [2.45, 2.75) is 44.8 Å². The topological polar surface area (TPSA) is 101 Å². The van der Waals surface area contributed by atoms with Crippen molar-refractivity contribution in [1.29, 1.82) is 0 Å². The van der Waals surface area contributed by atoms with Crippen LogP contribution in [0.4, 0.5) is 5.13 Å². The summed E-state index contributed by atoms with van der Waals surface area (Å²) in [5.74, 6) is 0.830. The maximum atomic E-state index is 12.8. The number of anilines is 1. The van der Waals surface area contributed by atoms with Gasteiger partial charge < -0.3 is 4.98 Å². The number of H-pyrrole nitrogens is 1. The van der Waals surface area contributed by atoms with E-state index in [-0.39, 0.29) is 11.5 Å². The summed E-state index contributed by atoms with van der Waals surface area (Å²) in [5, 5.41) is 12.5. The molecule has 0 saturated carbocycles. The highest BCUT2D eigenvalue weighted by Crippen LogP contribution is 2.30. The molecule has 10 heteroatoms. The molecule has 2 N–H and O–H groups in total. The molecule has 0 fully saturated rings. The lowest BCUT2D eigenvalue weighted by Crippen LogP contribution is -2.13. The summed E-state index contributed by atoms with van der Waals surface area (Å²) < 4.78 is 0. The summed E-state index contributed by atoms with van der Waals surface area (Å²) in [6.07, 6.45) is 0.762. The molecule has 3 heterocycles. The zero-order valence-electron chi connectivity index (χ0n) is 17.5. The second kappa shape index (κ2) is 8.89. The average molecular weight is 472 g/mol. The summed E-state index contributed by atoms with van der Waals surface area (Å²) >= 11 is 4.20. The molecule has 1 amide bonds. The SMILES string of the molecule is CCc1nnc(NC(=O)c2sc3nc(CSc4cc(C)ccc4C)[nH]c(=O)c3c2C)s1. The Morgan fingerprint density at radius 2 is 2.00 bits per heavy atom. The number of nitrogens with one attached hydrogen (secondary N) is 2. The molecular weight excluding hydrogens is 450 g/mol. The Labute approximate surface area is 191 Å². The van der Waals surface area contributed by atoms with Crippen LogP contribution in [0.3, 0.4) is 0 Å². The number of aromatic nitrogens is 4. The van der Waals surface area contributed by atoms with Crippen LogP contribution in [0.1, 0.15) is 44.1 Å². The van der Waals surface area contributed by atoms with Gasteiger partial charge in [-0.05, 0) is 44.4 Å². The van der Waals surface area contributed by atoms with E-state index in [0.717, 1.165) is 16.3 Å². The van der Waals surface area contributed by atoms with Crippen LogP contribution in [0.25, 0.3) is 10.2 Å². The molecule has 0 bridgehead atoms. The third-order valence-electron chi connectivity index (χ3n) is 4.75. The number of thioether (sulfide) groups is 1. The molecule has 0 radical (unpaired) electrons. The molecule has 7 nitrogen and oxygen atoms in total. The Hall–Kier alpha value is -2.56. The van der Waals surface area contributed by atoms with Crippen molar-refractivity contribution in [1.82, 2.24) is 20.2 Å². The number of thiophene rings is 1. The van der Waals surface area contributed by atoms with Gasteiger partial charge in [-0.15, -0.1) is 33.3 Å². The van der Waals surface area contributed by atoms with Gasteiger partial charge in [0, 0.05) is 4.90 Å². The Bertz CT molecular complexity index is 1340. The number of hydrogen-bond acceptors (Lipinski definition) is 8. The number of benzene rings is 1. The van der Waals surface area contributed by atoms with E-state index in [1.54, 1.807) is 18.7 Å². The van der Waals surface area contributed by atoms with E-state index in [0.29, 0.717) is 37.4 Å². The lowest BCUT2D eigenvalue weighted by atomic mass is 10.2. The van der Waals surface area contributed by atoms with Gasteiger partial charge in [0.15, 0.2) is 0 Å². The van der Waals surface area contributed by atoms with Crippen LogP contribution in [0, 0.1) is 20.8 Å². The van der Waals surface area contributed by atoms with Crippen LogP contribution in [0.15, 0.2) is 27.9 Å². The standard InChI is InChI=1S/C21H21N5O2S3/c1-5-15-25-26-21(30-15)24-19(28)17-12(4)16-18(27)22-14(23-20(16)31-17)9-29-13-8-10(2)6-7-11(13)3/h6-8H,5,9H2,1-4H3,(H,22,23,27)(H,24,26,28). The number of rotatable bonds is 6. The molecule has 160 valence electrons. The number of aryl methyl sites for hydroxylation is 4. The Morgan fingerprint density at radius 3 is 2.74 bits per heavy atom. The smallest absolute Gasteiger partial charge is 0.267 e. The first-order valence-electron chi connectivity index (χ1n) is 9.71. The largest absolute Gasteiger partial charge is 0.309 e. The van der Waals surface area contributed by atoms with E-state index in [4.69, 9.17) is 0 Å². The number of hydrogen-bond donors (Lipinski definition) is 2. The van der Waals surface area contributed by atoms with Crippen LogP contribution in [-0.4, -0.2) is 26.1 Å². The highest BCUT2D eigenvalue weighted by molar-refractivity contribution is 7.98. The zero-order chi connectivity index (χ0) is 22.1. The Morgan fingerprint density at radius 1 is 1.19 bits per heavy atom. The predicted octanol–water partition coefficient (Wildman–Crippen LogP) is 4.87. The minimum Gasteiger partial charge on any atom is -0.309 e. The molecule has 0 saturated heterocycles. The van der Waals surface area contributed by atoms with Gasteiger partial charge in [-0.1, -0.05) is 36.0 Å². The van der Waals surface area contributed by atoms with Crippen LogP contribution < -0.4 is 10.9 Å². The van der Waals surface area contributed by atoms with E-state index in [1.807, 2.05) is 6.92 Å². The van der Waals surface area contributed by atoms with Crippen molar-refractivity contribution in [2.75, 3.05) is 5.32 Å². The van der Waals surface area contributed by atoms with Crippen molar-refractivity contribution < 1.29 is 4.79 Å². The minimum atomic E-state index is -0.301. The van der Waals surface area contributed by atoms with Crippen LogP contribution >= 0.6 is 34.4 Å². The molecule has 1 aromatic carbocycles. The normalized spacial score (nSPS) is 11.2. The maximum absolute atomic E-state index is 12.8. The van der Waals surface area contributed by atoms with Gasteiger partial charge in [-0.3, -0.25) is 14.9 Å². The summed E-state index contributed by atoms with van der Waals surface area (Å²) in [6, 6.07) is 6.30. The number of nitrogens with zero attached hydrogens (tertiary/aromatic N) is 3. The summed E-state index contributed by atoms with van der Waals surface area (Å²) in [7, 11) is 0. The van der Waals surface area contributed by atoms with Gasteiger partial charge >= 0.3 is 0 Å². The first-order chi connectivity index (χ1) is 14.9. The summed E-state index contributed by atoms with van der Waals surface area (Å²) in [4.78, 5) is 35.2. The van der Waals surface area contributed by atoms with Crippen LogP contribution in [0.5, 0.6) is 0 Å². The molecule has 3 aromatic heterocycles. The number of aromatic amines is 1. The van der Waals surface area contributed by atoms with Gasteiger partial charge in [-0.2, -0.15) is 0 Å². The molecule has 0 aliphatic carbocycles. The number of amides is 1. The fourth-order valence-electron chi connectivity index (χ4n) is 3.08. The summed E-state index contributed by atoms with van der Waals surface area (Å²) in [6.45, 7) is 7.88. The van der Waals surface area contributed by atoms with Crippen molar-refractivity contribution in [2.24, 2.45) is 0 Å². The van der Waals surface area contributed by atoms with Crippen LogP contribution in [-0.2, 0) is 12.2 Å². The van der Waals surface area contributed by atoms with E-state index in [1.165, 1.54) is 33.8 Å². The molecule has 4 aromatic rings. The van der Waals surface area contributed by atoms with Gasteiger partial charge in [-0.25, -0.2) is 4.98 Å². The Balaban J connectivity index is 1.59. The fraction of sp³-hybridized carbons (Fsp3) is 0.286. The molecule has 0 atom stereocenters. The van der Waals surface area contributed by atoms with Crippen molar-refractivity contribution >= 4 is 55.7 Å². The lowest BCUT2D eigenvalue weighted by molar-refractivity contribution is 0.103. The second-order valence-corrected chi connectivity index (χ2v) is 10.2. The molecular formula is C21H21N5O2S3. The third kappa shape index (κ3) is 4.56. The van der Waals surface area contributed by atoms with Crippen LogP contribution in [0.2, 0.25) is 0 Å². The fourth-order valence-corrected chi connectivity index (χ4v) is 5.85. The number of fused-ring (bicyclic) bond motifs is 1. The van der Waals surface area contributed by atoms with E-state index < -0.39 is 0 Å². The Kier molecular flexibility index (Phi) is 6.22. The van der Waals surface area contributed by atoms with Gasteiger partial charge in [0.1, 0.15) is 15.7 Å². The summed E-state index contributed by atoms with van der Waals surface area (Å²) in [5.41, 5.74) is 2.78. The predicted molar refractivity (Wildman–Crippen MR) is 128 cm³/mol. The average Bonchev–Trinajstić information content (AvgIpc) is 3.33. The van der Waals surface area contributed by atoms with Gasteiger partial charge in [0.25, 0.3) is 11.5 Å². The minimum absolute atomic E-state index is 0.224. The molecule has 0 aliphatic rings.